The Morgan fingerprint density at radius 1 is 0.732 bits per heavy atom. The number of carbonyl (C=O) groups excluding carboxylic acids is 4. The van der Waals surface area contributed by atoms with E-state index < -0.39 is 30.4 Å². The lowest BCUT2D eigenvalue weighted by atomic mass is 10.1. The second-order valence-electron chi connectivity index (χ2n) is 11.2. The van der Waals surface area contributed by atoms with Crippen LogP contribution in [0.5, 0.6) is 11.5 Å². The first-order chi connectivity index (χ1) is 19.3. The van der Waals surface area contributed by atoms with E-state index in [1.165, 1.54) is 12.1 Å². The highest BCUT2D eigenvalue weighted by molar-refractivity contribution is 5.76. The average Bonchev–Trinajstić information content (AvgIpc) is 2.87. The standard InChI is InChI=1S/C30H47NO10/c1-19(2)8-11-27(32)39-22(7)18-38-28(33)24(31)16-23-9-10-25(40-29(34)36-14-12-20(3)4)26(17-23)41-30(35)37-15-13-21(5)6/h9-10,17,19-22,24H,8,11-16,18,31H2,1-7H3/t22-,24-/m0/s1. The molecule has 0 saturated carbocycles. The smallest absolute Gasteiger partial charge is 0.461 e. The van der Waals surface area contributed by atoms with E-state index in [0.717, 1.165) is 0 Å². The number of hydrogen-bond acceptors (Lipinski definition) is 11. The zero-order valence-corrected chi connectivity index (χ0v) is 25.4. The number of carbonyl (C=O) groups is 4. The Bertz CT molecular complexity index is 976. The van der Waals surface area contributed by atoms with E-state index in [1.54, 1.807) is 13.0 Å². The Morgan fingerprint density at radius 2 is 1.27 bits per heavy atom. The van der Waals surface area contributed by atoms with Gasteiger partial charge in [0.05, 0.1) is 13.2 Å². The third-order valence-corrected chi connectivity index (χ3v) is 5.70. The maximum atomic E-state index is 12.5. The molecule has 0 unspecified atom stereocenters. The molecule has 41 heavy (non-hydrogen) atoms. The van der Waals surface area contributed by atoms with Gasteiger partial charge in [-0.15, -0.1) is 0 Å². The Hall–Kier alpha value is -3.34. The highest BCUT2D eigenvalue weighted by Gasteiger charge is 2.21. The van der Waals surface area contributed by atoms with Gasteiger partial charge in [-0.3, -0.25) is 9.59 Å². The quantitative estimate of drug-likeness (QED) is 0.139. The van der Waals surface area contributed by atoms with Crippen molar-refractivity contribution < 1.29 is 47.6 Å². The predicted octanol–water partition coefficient (Wildman–Crippen LogP) is 5.59. The van der Waals surface area contributed by atoms with Crippen LogP contribution in [0, 0.1) is 17.8 Å². The number of rotatable bonds is 17. The maximum absolute atomic E-state index is 12.5. The molecule has 0 aromatic heterocycles. The first-order valence-electron chi connectivity index (χ1n) is 14.2. The van der Waals surface area contributed by atoms with Crippen molar-refractivity contribution >= 4 is 24.2 Å². The highest BCUT2D eigenvalue weighted by Crippen LogP contribution is 2.30. The molecule has 0 radical (unpaired) electrons. The van der Waals surface area contributed by atoms with Crippen LogP contribution in [-0.2, 0) is 35.0 Å². The first kappa shape index (κ1) is 35.7. The monoisotopic (exact) mass is 581 g/mol. The molecule has 0 fully saturated rings. The molecule has 232 valence electrons. The molecule has 0 aliphatic heterocycles. The third-order valence-electron chi connectivity index (χ3n) is 5.70. The number of ether oxygens (including phenoxy) is 6. The topological polar surface area (TPSA) is 150 Å². The molecule has 0 bridgehead atoms. The van der Waals surface area contributed by atoms with E-state index in [0.29, 0.717) is 49.0 Å². The zero-order chi connectivity index (χ0) is 30.9. The Labute approximate surface area is 243 Å². The Morgan fingerprint density at radius 3 is 1.80 bits per heavy atom. The summed E-state index contributed by atoms with van der Waals surface area (Å²) in [6.45, 7) is 13.8. The average molecular weight is 582 g/mol. The molecule has 2 atom stereocenters. The zero-order valence-electron chi connectivity index (χ0n) is 25.4. The summed E-state index contributed by atoms with van der Waals surface area (Å²) >= 11 is 0. The number of esters is 2. The number of hydrogen-bond donors (Lipinski definition) is 1. The van der Waals surface area contributed by atoms with Crippen molar-refractivity contribution in [1.29, 1.82) is 0 Å². The minimum atomic E-state index is -1.06. The van der Waals surface area contributed by atoms with Crippen LogP contribution < -0.4 is 15.2 Å². The van der Waals surface area contributed by atoms with Crippen molar-refractivity contribution in [2.45, 2.75) is 92.7 Å². The lowest BCUT2D eigenvalue weighted by molar-refractivity contribution is -0.158. The van der Waals surface area contributed by atoms with Crippen LogP contribution in [-0.4, -0.2) is 56.2 Å². The molecule has 1 rings (SSSR count). The van der Waals surface area contributed by atoms with Crippen LogP contribution in [0.4, 0.5) is 9.59 Å². The minimum Gasteiger partial charge on any atom is -0.461 e. The van der Waals surface area contributed by atoms with E-state index >= 15 is 0 Å². The van der Waals surface area contributed by atoms with E-state index in [2.05, 4.69) is 0 Å². The molecule has 2 N–H and O–H groups in total. The van der Waals surface area contributed by atoms with E-state index in [-0.39, 0.29) is 43.7 Å². The number of nitrogens with two attached hydrogens (primary N) is 1. The fraction of sp³-hybridized carbons (Fsp3) is 0.667. The molecule has 0 spiro atoms. The fourth-order valence-corrected chi connectivity index (χ4v) is 3.21. The van der Waals surface area contributed by atoms with Crippen molar-refractivity contribution in [3.8, 4) is 11.5 Å². The minimum absolute atomic E-state index is 0.0270. The van der Waals surface area contributed by atoms with E-state index in [4.69, 9.17) is 34.2 Å². The van der Waals surface area contributed by atoms with Gasteiger partial charge in [0.1, 0.15) is 18.8 Å². The van der Waals surface area contributed by atoms with Gasteiger partial charge in [0.15, 0.2) is 11.5 Å². The van der Waals surface area contributed by atoms with Crippen LogP contribution in [0.2, 0.25) is 0 Å². The van der Waals surface area contributed by atoms with Gasteiger partial charge in [0.2, 0.25) is 0 Å². The van der Waals surface area contributed by atoms with E-state index in [9.17, 15) is 19.2 Å². The van der Waals surface area contributed by atoms with Gasteiger partial charge in [-0.25, -0.2) is 9.59 Å². The fourth-order valence-electron chi connectivity index (χ4n) is 3.21. The van der Waals surface area contributed by atoms with Crippen LogP contribution in [0.15, 0.2) is 18.2 Å². The van der Waals surface area contributed by atoms with Crippen LogP contribution >= 0.6 is 0 Å². The normalized spacial score (nSPS) is 12.6. The predicted molar refractivity (Wildman–Crippen MR) is 152 cm³/mol. The van der Waals surface area contributed by atoms with Crippen molar-refractivity contribution in [1.82, 2.24) is 0 Å². The van der Waals surface area contributed by atoms with Gasteiger partial charge >= 0.3 is 24.2 Å². The molecule has 0 aliphatic carbocycles. The van der Waals surface area contributed by atoms with Crippen molar-refractivity contribution in [2.75, 3.05) is 19.8 Å². The SMILES string of the molecule is CC(C)CCOC(=O)Oc1ccc(C[C@H](N)C(=O)OC[C@H](C)OC(=O)CCC(C)C)cc1OC(=O)OCCC(C)C. The summed E-state index contributed by atoms with van der Waals surface area (Å²) < 4.78 is 31.2. The summed E-state index contributed by atoms with van der Waals surface area (Å²) in [5, 5.41) is 0. The molecule has 11 nitrogen and oxygen atoms in total. The summed E-state index contributed by atoms with van der Waals surface area (Å²) in [6.07, 6.45) is -0.206. The van der Waals surface area contributed by atoms with Gasteiger partial charge in [-0.2, -0.15) is 0 Å². The Kier molecular flexibility index (Phi) is 16.5. The van der Waals surface area contributed by atoms with Crippen LogP contribution in [0.1, 0.15) is 79.7 Å². The molecular weight excluding hydrogens is 534 g/mol. The van der Waals surface area contributed by atoms with Gasteiger partial charge in [0.25, 0.3) is 0 Å². The maximum Gasteiger partial charge on any atom is 0.513 e. The molecule has 0 aliphatic rings. The summed E-state index contributed by atoms with van der Waals surface area (Å²) in [7, 11) is 0. The van der Waals surface area contributed by atoms with Crippen LogP contribution in [0.3, 0.4) is 0 Å². The molecular formula is C30H47NO10. The lowest BCUT2D eigenvalue weighted by Gasteiger charge is -2.17. The summed E-state index contributed by atoms with van der Waals surface area (Å²) in [5.74, 6) is -0.169. The van der Waals surface area contributed by atoms with Crippen molar-refractivity contribution in [3.05, 3.63) is 23.8 Å². The van der Waals surface area contributed by atoms with E-state index in [1.807, 2.05) is 41.5 Å². The molecule has 0 amide bonds. The number of benzene rings is 1. The van der Waals surface area contributed by atoms with Crippen molar-refractivity contribution in [2.24, 2.45) is 23.5 Å². The molecule has 0 saturated heterocycles. The largest absolute Gasteiger partial charge is 0.513 e. The summed E-state index contributed by atoms with van der Waals surface area (Å²) in [6, 6.07) is 3.34. The Balaban J connectivity index is 2.82. The highest BCUT2D eigenvalue weighted by atomic mass is 16.7. The summed E-state index contributed by atoms with van der Waals surface area (Å²) in [4.78, 5) is 48.8. The van der Waals surface area contributed by atoms with Gasteiger partial charge in [-0.05, 0) is 68.1 Å². The molecule has 1 aromatic rings. The molecule has 0 heterocycles. The molecule has 1 aromatic carbocycles. The second kappa shape index (κ2) is 18.9. The summed E-state index contributed by atoms with van der Waals surface area (Å²) in [5.41, 5.74) is 6.55. The van der Waals surface area contributed by atoms with Gasteiger partial charge < -0.3 is 34.2 Å². The van der Waals surface area contributed by atoms with Crippen LogP contribution in [0.25, 0.3) is 0 Å². The van der Waals surface area contributed by atoms with Gasteiger partial charge in [0, 0.05) is 6.42 Å². The molecule has 11 heteroatoms. The van der Waals surface area contributed by atoms with Crippen molar-refractivity contribution in [3.63, 3.8) is 0 Å². The van der Waals surface area contributed by atoms with Gasteiger partial charge in [-0.1, -0.05) is 47.6 Å². The third kappa shape index (κ3) is 16.5. The second-order valence-corrected chi connectivity index (χ2v) is 11.2. The first-order valence-corrected chi connectivity index (χ1v) is 14.2. The lowest BCUT2D eigenvalue weighted by Crippen LogP contribution is -2.36.